The number of hydrogen-bond acceptors (Lipinski definition) is 4. The highest BCUT2D eigenvalue weighted by Gasteiger charge is 2.06. The number of carbonyl (C=O) groups is 1. The average molecular weight is 295 g/mol. The van der Waals surface area contributed by atoms with Crippen molar-refractivity contribution < 1.29 is 9.90 Å². The van der Waals surface area contributed by atoms with Crippen LogP contribution in [0, 0.1) is 0 Å². The van der Waals surface area contributed by atoms with Crippen LogP contribution in [0.3, 0.4) is 0 Å². The Kier molecular flexibility index (Phi) is 4.19. The zero-order chi connectivity index (χ0) is 13.8. The van der Waals surface area contributed by atoms with Crippen molar-refractivity contribution in [2.45, 2.75) is 0 Å². The summed E-state index contributed by atoms with van der Waals surface area (Å²) in [4.78, 5) is 16.1. The van der Waals surface area contributed by atoms with Crippen LogP contribution in [0.5, 0.6) is 5.75 Å². The summed E-state index contributed by atoms with van der Waals surface area (Å²) in [7, 11) is 1.58. The maximum Gasteiger partial charge on any atom is 0.262 e. The number of aromatic nitrogens is 1. The molecule has 1 amide bonds. The number of thiazole rings is 1. The van der Waals surface area contributed by atoms with Crippen LogP contribution < -0.4 is 5.32 Å². The van der Waals surface area contributed by atoms with Gasteiger partial charge in [-0.15, -0.1) is 11.3 Å². The Balaban J connectivity index is 2.16. The fraction of sp³-hybridized carbons (Fsp3) is 0.0769. The molecule has 19 heavy (non-hydrogen) atoms. The number of hydrogen-bond donors (Lipinski definition) is 2. The number of nitrogens with zero attached hydrogens (tertiary/aromatic N) is 1. The molecule has 1 heterocycles. The van der Waals surface area contributed by atoms with Gasteiger partial charge in [-0.05, 0) is 23.8 Å². The van der Waals surface area contributed by atoms with Gasteiger partial charge in [-0.1, -0.05) is 23.7 Å². The zero-order valence-corrected chi connectivity index (χ0v) is 11.6. The molecule has 0 aliphatic carbocycles. The van der Waals surface area contributed by atoms with Crippen LogP contribution in [-0.2, 0) is 0 Å². The van der Waals surface area contributed by atoms with E-state index in [1.54, 1.807) is 25.3 Å². The summed E-state index contributed by atoms with van der Waals surface area (Å²) in [6.45, 7) is 0. The number of halogens is 1. The van der Waals surface area contributed by atoms with Gasteiger partial charge in [-0.25, -0.2) is 4.98 Å². The first-order valence-electron chi connectivity index (χ1n) is 5.44. The van der Waals surface area contributed by atoms with E-state index in [2.05, 4.69) is 10.3 Å². The number of nitrogens with one attached hydrogen (secondary N) is 1. The largest absolute Gasteiger partial charge is 0.506 e. The van der Waals surface area contributed by atoms with E-state index in [9.17, 15) is 9.90 Å². The normalized spacial score (nSPS) is 10.8. The van der Waals surface area contributed by atoms with Crippen molar-refractivity contribution in [3.8, 4) is 5.75 Å². The van der Waals surface area contributed by atoms with Crippen molar-refractivity contribution in [1.29, 1.82) is 0 Å². The third kappa shape index (κ3) is 3.33. The second-order valence-corrected chi connectivity index (χ2v) is 5.16. The average Bonchev–Trinajstić information content (AvgIpc) is 2.88. The molecule has 0 atom stereocenters. The summed E-state index contributed by atoms with van der Waals surface area (Å²) in [6.07, 6.45) is 5.14. The lowest BCUT2D eigenvalue weighted by atomic mass is 10.2. The molecule has 4 nitrogen and oxygen atoms in total. The summed E-state index contributed by atoms with van der Waals surface area (Å²) in [6, 6.07) is 4.92. The monoisotopic (exact) mass is 294 g/mol. The summed E-state index contributed by atoms with van der Waals surface area (Å²) in [5, 5.41) is 12.9. The predicted molar refractivity (Wildman–Crippen MR) is 77.5 cm³/mol. The van der Waals surface area contributed by atoms with Gasteiger partial charge >= 0.3 is 0 Å². The maximum absolute atomic E-state index is 11.4. The van der Waals surface area contributed by atoms with E-state index in [0.29, 0.717) is 9.90 Å². The lowest BCUT2D eigenvalue weighted by Crippen LogP contribution is -2.16. The Morgan fingerprint density at radius 1 is 1.47 bits per heavy atom. The first-order chi connectivity index (χ1) is 9.10. The summed E-state index contributed by atoms with van der Waals surface area (Å²) in [5.41, 5.74) is 0.847. The fourth-order valence-corrected chi connectivity index (χ4v) is 2.34. The predicted octanol–water partition coefficient (Wildman–Crippen LogP) is 3.03. The Bertz CT molecular complexity index is 637. The van der Waals surface area contributed by atoms with Crippen LogP contribution in [0.15, 0.2) is 24.4 Å². The van der Waals surface area contributed by atoms with Crippen molar-refractivity contribution in [1.82, 2.24) is 10.3 Å². The Labute approximate surface area is 119 Å². The van der Waals surface area contributed by atoms with Crippen molar-refractivity contribution in [3.63, 3.8) is 0 Å². The van der Waals surface area contributed by atoms with Crippen LogP contribution >= 0.6 is 22.9 Å². The smallest absolute Gasteiger partial charge is 0.262 e. The number of amides is 1. The third-order valence-electron chi connectivity index (χ3n) is 2.36. The Hall–Kier alpha value is -1.85. The van der Waals surface area contributed by atoms with Gasteiger partial charge in [0.25, 0.3) is 5.91 Å². The highest BCUT2D eigenvalue weighted by molar-refractivity contribution is 7.14. The van der Waals surface area contributed by atoms with Gasteiger partial charge in [0.05, 0.1) is 11.2 Å². The van der Waals surface area contributed by atoms with Crippen LogP contribution in [0.25, 0.3) is 12.2 Å². The molecule has 98 valence electrons. The summed E-state index contributed by atoms with van der Waals surface area (Å²) >= 11 is 7.11. The van der Waals surface area contributed by atoms with Crippen molar-refractivity contribution in [3.05, 3.63) is 44.9 Å². The quantitative estimate of drug-likeness (QED) is 0.914. The first-order valence-corrected chi connectivity index (χ1v) is 6.64. The molecule has 2 rings (SSSR count). The highest BCUT2D eigenvalue weighted by atomic mass is 35.5. The molecule has 0 spiro atoms. The minimum atomic E-state index is -0.148. The van der Waals surface area contributed by atoms with Crippen LogP contribution in [0.2, 0.25) is 5.02 Å². The van der Waals surface area contributed by atoms with Crippen molar-refractivity contribution in [2.24, 2.45) is 0 Å². The van der Waals surface area contributed by atoms with Gasteiger partial charge in [0, 0.05) is 7.05 Å². The van der Waals surface area contributed by atoms with E-state index in [0.717, 1.165) is 10.6 Å². The molecule has 0 radical (unpaired) electrons. The molecule has 2 N–H and O–H groups in total. The van der Waals surface area contributed by atoms with Gasteiger partial charge in [-0.3, -0.25) is 4.79 Å². The molecule has 0 aliphatic rings. The molecule has 0 unspecified atom stereocenters. The molecular weight excluding hydrogens is 284 g/mol. The minimum absolute atomic E-state index is 0.0509. The highest BCUT2D eigenvalue weighted by Crippen LogP contribution is 2.25. The van der Waals surface area contributed by atoms with E-state index >= 15 is 0 Å². The Morgan fingerprint density at radius 2 is 2.26 bits per heavy atom. The van der Waals surface area contributed by atoms with E-state index in [-0.39, 0.29) is 11.7 Å². The number of benzene rings is 1. The molecule has 0 bridgehead atoms. The second-order valence-electron chi connectivity index (χ2n) is 3.69. The van der Waals surface area contributed by atoms with Gasteiger partial charge in [0.1, 0.15) is 15.6 Å². The minimum Gasteiger partial charge on any atom is -0.506 e. The molecular formula is C13H11ClN2O2S. The molecule has 0 fully saturated rings. The van der Waals surface area contributed by atoms with Gasteiger partial charge < -0.3 is 10.4 Å². The molecule has 1 aromatic carbocycles. The Morgan fingerprint density at radius 3 is 2.95 bits per heavy atom. The fourth-order valence-electron chi connectivity index (χ4n) is 1.39. The molecule has 0 aliphatic heterocycles. The third-order valence-corrected chi connectivity index (χ3v) is 3.63. The van der Waals surface area contributed by atoms with Crippen LogP contribution in [0.1, 0.15) is 20.2 Å². The molecule has 1 aromatic heterocycles. The number of phenols is 1. The van der Waals surface area contributed by atoms with Gasteiger partial charge in [0.15, 0.2) is 0 Å². The zero-order valence-electron chi connectivity index (χ0n) is 10.1. The molecule has 0 saturated heterocycles. The maximum atomic E-state index is 11.4. The summed E-state index contributed by atoms with van der Waals surface area (Å²) in [5.74, 6) is -0.0974. The second kappa shape index (κ2) is 5.86. The lowest BCUT2D eigenvalue weighted by Gasteiger charge is -1.97. The van der Waals surface area contributed by atoms with Crippen molar-refractivity contribution in [2.75, 3.05) is 7.05 Å². The van der Waals surface area contributed by atoms with E-state index in [1.807, 2.05) is 6.08 Å². The standard InChI is InChI=1S/C13H11ClN2O2S/c1-15-13(18)11-7-16-12(19-11)5-3-8-2-4-10(17)9(14)6-8/h2-7,17H,1H3,(H,15,18)/b5-3+. The van der Waals surface area contributed by atoms with Crippen LogP contribution in [-0.4, -0.2) is 23.0 Å². The number of phenolic OH excluding ortho intramolecular Hbond substituents is 1. The SMILES string of the molecule is CNC(=O)c1cnc(/C=C/c2ccc(O)c(Cl)c2)s1. The summed E-state index contributed by atoms with van der Waals surface area (Å²) < 4.78 is 0. The molecule has 2 aromatic rings. The number of rotatable bonds is 3. The molecule has 6 heteroatoms. The van der Waals surface area contributed by atoms with Crippen LogP contribution in [0.4, 0.5) is 0 Å². The van der Waals surface area contributed by atoms with E-state index in [4.69, 9.17) is 11.6 Å². The van der Waals surface area contributed by atoms with Crippen molar-refractivity contribution >= 4 is 41.0 Å². The van der Waals surface area contributed by atoms with Gasteiger partial charge in [-0.2, -0.15) is 0 Å². The van der Waals surface area contributed by atoms with E-state index < -0.39 is 0 Å². The van der Waals surface area contributed by atoms with E-state index in [1.165, 1.54) is 23.6 Å². The molecule has 0 saturated carbocycles. The van der Waals surface area contributed by atoms with Gasteiger partial charge in [0.2, 0.25) is 0 Å². The number of carbonyl (C=O) groups excluding carboxylic acids is 1. The topological polar surface area (TPSA) is 62.2 Å². The first kappa shape index (κ1) is 13.6. The number of aromatic hydroxyl groups is 1. The lowest BCUT2D eigenvalue weighted by molar-refractivity contribution is 0.0967.